The number of amides is 2. The molecule has 39 heavy (non-hydrogen) atoms. The fraction of sp³-hybridized carbons (Fsp3) is 0.333. The van der Waals surface area contributed by atoms with Crippen molar-refractivity contribution < 1.29 is 22.7 Å². The first-order valence-electron chi connectivity index (χ1n) is 12.8. The van der Waals surface area contributed by atoms with Crippen molar-refractivity contribution in [2.24, 2.45) is 0 Å². The quantitative estimate of drug-likeness (QED) is 0.380. The lowest BCUT2D eigenvalue weighted by atomic mass is 10.1. The fourth-order valence-corrected chi connectivity index (χ4v) is 5.47. The highest BCUT2D eigenvalue weighted by molar-refractivity contribution is 7.92. The second-order valence-electron chi connectivity index (χ2n) is 9.87. The van der Waals surface area contributed by atoms with Crippen molar-refractivity contribution in [3.8, 4) is 5.75 Å². The molecule has 0 aliphatic heterocycles. The number of anilines is 1. The number of aryl methyl sites for hydroxylation is 2. The molecule has 0 saturated heterocycles. The summed E-state index contributed by atoms with van der Waals surface area (Å²) in [5.41, 5.74) is 2.91. The first-order chi connectivity index (χ1) is 18.4. The molecule has 1 N–H and O–H groups in total. The highest BCUT2D eigenvalue weighted by Crippen LogP contribution is 2.26. The van der Waals surface area contributed by atoms with Crippen LogP contribution in [0.4, 0.5) is 5.69 Å². The zero-order valence-corrected chi connectivity index (χ0v) is 24.2. The second kappa shape index (κ2) is 12.8. The van der Waals surface area contributed by atoms with Gasteiger partial charge in [0.1, 0.15) is 18.3 Å². The normalized spacial score (nSPS) is 12.1. The number of sulfonamides is 1. The molecule has 0 aliphatic carbocycles. The Morgan fingerprint density at radius 2 is 1.54 bits per heavy atom. The van der Waals surface area contributed by atoms with E-state index in [1.807, 2.05) is 45.9 Å². The van der Waals surface area contributed by atoms with E-state index in [0.29, 0.717) is 11.4 Å². The number of carbonyl (C=O) groups excluding carboxylic acids is 2. The van der Waals surface area contributed by atoms with Crippen LogP contribution in [0.5, 0.6) is 5.75 Å². The van der Waals surface area contributed by atoms with Crippen molar-refractivity contribution in [3.05, 3.63) is 89.5 Å². The molecule has 2 amide bonds. The summed E-state index contributed by atoms with van der Waals surface area (Å²) >= 11 is 0. The summed E-state index contributed by atoms with van der Waals surface area (Å²) in [5.74, 6) is -0.165. The minimum atomic E-state index is -4.09. The third kappa shape index (κ3) is 7.60. The van der Waals surface area contributed by atoms with Gasteiger partial charge in [0, 0.05) is 12.6 Å². The molecule has 9 heteroatoms. The predicted molar refractivity (Wildman–Crippen MR) is 153 cm³/mol. The van der Waals surface area contributed by atoms with E-state index < -0.39 is 28.5 Å². The van der Waals surface area contributed by atoms with Crippen molar-refractivity contribution >= 4 is 27.5 Å². The van der Waals surface area contributed by atoms with Gasteiger partial charge < -0.3 is 15.0 Å². The number of rotatable bonds is 11. The van der Waals surface area contributed by atoms with E-state index in [4.69, 9.17) is 4.74 Å². The van der Waals surface area contributed by atoms with Crippen LogP contribution in [0.15, 0.2) is 77.7 Å². The third-order valence-corrected chi connectivity index (χ3v) is 8.08. The Hall–Kier alpha value is -3.85. The molecule has 0 spiro atoms. The predicted octanol–water partition coefficient (Wildman–Crippen LogP) is 4.45. The molecule has 1 atom stereocenters. The lowest BCUT2D eigenvalue weighted by molar-refractivity contribution is -0.139. The monoisotopic (exact) mass is 551 g/mol. The molecule has 3 aromatic carbocycles. The number of methoxy groups -OCH3 is 1. The Labute approximate surface area is 231 Å². The first-order valence-corrected chi connectivity index (χ1v) is 14.2. The van der Waals surface area contributed by atoms with Crippen LogP contribution in [-0.2, 0) is 26.2 Å². The van der Waals surface area contributed by atoms with Crippen molar-refractivity contribution in [2.75, 3.05) is 18.0 Å². The van der Waals surface area contributed by atoms with Gasteiger partial charge in [-0.1, -0.05) is 42.0 Å². The first kappa shape index (κ1) is 29.7. The second-order valence-corrected chi connectivity index (χ2v) is 11.7. The maximum absolute atomic E-state index is 13.9. The average molecular weight is 552 g/mol. The van der Waals surface area contributed by atoms with Gasteiger partial charge >= 0.3 is 0 Å². The summed E-state index contributed by atoms with van der Waals surface area (Å²) in [6.45, 7) is 8.69. The average Bonchev–Trinajstić information content (AvgIpc) is 2.90. The zero-order chi connectivity index (χ0) is 28.7. The van der Waals surface area contributed by atoms with Crippen LogP contribution < -0.4 is 14.4 Å². The molecular weight excluding hydrogens is 514 g/mol. The Bertz CT molecular complexity index is 1390. The third-order valence-electron chi connectivity index (χ3n) is 6.29. The maximum atomic E-state index is 13.9. The van der Waals surface area contributed by atoms with Crippen LogP contribution >= 0.6 is 0 Å². The molecule has 8 nitrogen and oxygen atoms in total. The summed E-state index contributed by atoms with van der Waals surface area (Å²) in [6, 6.07) is 19.7. The number of ether oxygens (including phenoxy) is 1. The highest BCUT2D eigenvalue weighted by atomic mass is 32.2. The van der Waals surface area contributed by atoms with E-state index in [2.05, 4.69) is 5.32 Å². The molecule has 0 aliphatic rings. The van der Waals surface area contributed by atoms with Crippen molar-refractivity contribution in [1.82, 2.24) is 10.2 Å². The molecule has 0 radical (unpaired) electrons. The van der Waals surface area contributed by atoms with Gasteiger partial charge in [-0.2, -0.15) is 0 Å². The summed E-state index contributed by atoms with van der Waals surface area (Å²) in [7, 11) is -2.53. The van der Waals surface area contributed by atoms with E-state index in [1.165, 1.54) is 17.0 Å². The molecule has 0 heterocycles. The number of benzene rings is 3. The van der Waals surface area contributed by atoms with E-state index in [1.54, 1.807) is 56.5 Å². The lowest BCUT2D eigenvalue weighted by Crippen LogP contribution is -2.52. The topological polar surface area (TPSA) is 96.0 Å². The SMILES string of the molecule is COc1ccc(CN(C(=O)CN(c2cccc(C)c2)S(=O)(=O)c2ccc(C)cc2)[C@@H](C)C(=O)NC(C)C)cc1. The Kier molecular flexibility index (Phi) is 9.75. The highest BCUT2D eigenvalue weighted by Gasteiger charge is 2.32. The van der Waals surface area contributed by atoms with Gasteiger partial charge in [0.25, 0.3) is 10.0 Å². The lowest BCUT2D eigenvalue weighted by Gasteiger charge is -2.32. The number of nitrogens with one attached hydrogen (secondary N) is 1. The van der Waals surface area contributed by atoms with Gasteiger partial charge in [-0.05, 0) is 82.1 Å². The largest absolute Gasteiger partial charge is 0.497 e. The molecule has 208 valence electrons. The molecule has 0 unspecified atom stereocenters. The number of nitrogens with zero attached hydrogens (tertiary/aromatic N) is 2. The summed E-state index contributed by atoms with van der Waals surface area (Å²) in [4.78, 5) is 28.4. The minimum absolute atomic E-state index is 0.0784. The van der Waals surface area contributed by atoms with Crippen LogP contribution in [0.1, 0.15) is 37.5 Å². The van der Waals surface area contributed by atoms with Gasteiger partial charge in [0.2, 0.25) is 11.8 Å². The van der Waals surface area contributed by atoms with Gasteiger partial charge in [0.15, 0.2) is 0 Å². The molecule has 0 bridgehead atoms. The van der Waals surface area contributed by atoms with Crippen LogP contribution in [0, 0.1) is 13.8 Å². The maximum Gasteiger partial charge on any atom is 0.264 e. The van der Waals surface area contributed by atoms with Crippen molar-refractivity contribution in [1.29, 1.82) is 0 Å². The van der Waals surface area contributed by atoms with Gasteiger partial charge in [0.05, 0.1) is 17.7 Å². The van der Waals surface area contributed by atoms with Gasteiger partial charge in [-0.15, -0.1) is 0 Å². The Morgan fingerprint density at radius 3 is 2.10 bits per heavy atom. The van der Waals surface area contributed by atoms with Crippen LogP contribution in [-0.4, -0.2) is 50.9 Å². The molecular formula is C30H37N3O5S. The molecule has 0 aromatic heterocycles. The Morgan fingerprint density at radius 1 is 0.897 bits per heavy atom. The Balaban J connectivity index is 2.02. The number of hydrogen-bond acceptors (Lipinski definition) is 5. The molecule has 3 aromatic rings. The fourth-order valence-electron chi connectivity index (χ4n) is 4.06. The van der Waals surface area contributed by atoms with Crippen LogP contribution in [0.25, 0.3) is 0 Å². The van der Waals surface area contributed by atoms with E-state index in [-0.39, 0.29) is 23.4 Å². The van der Waals surface area contributed by atoms with E-state index in [9.17, 15) is 18.0 Å². The molecule has 3 rings (SSSR count). The van der Waals surface area contributed by atoms with E-state index in [0.717, 1.165) is 21.0 Å². The summed E-state index contributed by atoms with van der Waals surface area (Å²) in [6.07, 6.45) is 0. The van der Waals surface area contributed by atoms with E-state index >= 15 is 0 Å². The van der Waals surface area contributed by atoms with Crippen molar-refractivity contribution in [3.63, 3.8) is 0 Å². The summed E-state index contributed by atoms with van der Waals surface area (Å²) < 4.78 is 34.1. The summed E-state index contributed by atoms with van der Waals surface area (Å²) in [5, 5.41) is 2.85. The zero-order valence-electron chi connectivity index (χ0n) is 23.3. The molecule has 0 fully saturated rings. The van der Waals surface area contributed by atoms with Crippen LogP contribution in [0.2, 0.25) is 0 Å². The van der Waals surface area contributed by atoms with Gasteiger partial charge in [-0.25, -0.2) is 8.42 Å². The number of carbonyl (C=O) groups is 2. The van der Waals surface area contributed by atoms with Crippen LogP contribution in [0.3, 0.4) is 0 Å². The number of hydrogen-bond donors (Lipinski definition) is 1. The standard InChI is InChI=1S/C30H37N3O5S/c1-21(2)31-30(35)24(5)32(19-25-12-14-27(38-6)15-13-25)29(34)20-33(26-9-7-8-23(4)18-26)39(36,37)28-16-10-22(3)11-17-28/h7-18,21,24H,19-20H2,1-6H3,(H,31,35)/t24-/m0/s1. The smallest absolute Gasteiger partial charge is 0.264 e. The minimum Gasteiger partial charge on any atom is -0.497 e. The van der Waals surface area contributed by atoms with Crippen molar-refractivity contribution in [2.45, 2.75) is 58.1 Å². The van der Waals surface area contributed by atoms with Gasteiger partial charge in [-0.3, -0.25) is 13.9 Å². The molecule has 0 saturated carbocycles.